The largest absolute Gasteiger partial charge is 0.497 e. The van der Waals surface area contributed by atoms with Crippen LogP contribution in [0.1, 0.15) is 34.4 Å². The third kappa shape index (κ3) is 8.40. The lowest BCUT2D eigenvalue weighted by Crippen LogP contribution is -2.04. The lowest BCUT2D eigenvalue weighted by Gasteiger charge is -2.03. The molecule has 0 aliphatic heterocycles. The van der Waals surface area contributed by atoms with E-state index in [2.05, 4.69) is 34.6 Å². The molecule has 0 unspecified atom stereocenters. The summed E-state index contributed by atoms with van der Waals surface area (Å²) in [5.74, 6) is 1.65. The summed E-state index contributed by atoms with van der Waals surface area (Å²) >= 11 is 0. The fourth-order valence-electron chi connectivity index (χ4n) is 4.16. The van der Waals surface area contributed by atoms with Crippen molar-refractivity contribution < 1.29 is 31.5 Å². The Balaban J connectivity index is 0.000000188. The summed E-state index contributed by atoms with van der Waals surface area (Å²) in [5, 5.41) is 17.3. The second-order valence-electron chi connectivity index (χ2n) is 9.95. The van der Waals surface area contributed by atoms with Gasteiger partial charge in [0.2, 0.25) is 0 Å². The van der Waals surface area contributed by atoms with E-state index < -0.39 is 12.1 Å². The summed E-state index contributed by atoms with van der Waals surface area (Å²) in [5.41, 5.74) is 3.70. The Labute approximate surface area is 271 Å². The summed E-state index contributed by atoms with van der Waals surface area (Å²) in [4.78, 5) is 15.4. The number of hydrogen-bond donors (Lipinski definition) is 0. The van der Waals surface area contributed by atoms with Crippen LogP contribution in [0.3, 0.4) is 0 Å². The van der Waals surface area contributed by atoms with Gasteiger partial charge in [-0.05, 0) is 61.4 Å². The van der Waals surface area contributed by atoms with Crippen molar-refractivity contribution in [2.24, 2.45) is 0 Å². The van der Waals surface area contributed by atoms with E-state index in [4.69, 9.17) is 19.2 Å². The molecule has 4 heterocycles. The van der Waals surface area contributed by atoms with Crippen molar-refractivity contribution in [1.82, 2.24) is 39.5 Å². The van der Waals surface area contributed by atoms with Crippen LogP contribution in [0.2, 0.25) is 0 Å². The zero-order valence-corrected chi connectivity index (χ0v) is 25.9. The number of hydrogen-bond acceptors (Lipinski definition) is 11. The summed E-state index contributed by atoms with van der Waals surface area (Å²) < 4.78 is 60.4. The second-order valence-corrected chi connectivity index (χ2v) is 9.95. The molecule has 0 bridgehead atoms. The van der Waals surface area contributed by atoms with Crippen LogP contribution in [0.4, 0.5) is 13.2 Å². The van der Waals surface area contributed by atoms with E-state index in [1.165, 1.54) is 29.5 Å². The number of nitriles is 1. The van der Waals surface area contributed by atoms with Gasteiger partial charge in [-0.2, -0.15) is 18.4 Å². The van der Waals surface area contributed by atoms with Crippen molar-refractivity contribution in [2.75, 3.05) is 14.2 Å². The number of methoxy groups -OCH3 is 2. The van der Waals surface area contributed by atoms with Crippen LogP contribution in [0.5, 0.6) is 11.5 Å². The molecule has 0 aliphatic rings. The molecule has 0 fully saturated rings. The van der Waals surface area contributed by atoms with Crippen LogP contribution in [0.25, 0.3) is 47.3 Å². The summed E-state index contributed by atoms with van der Waals surface area (Å²) in [6, 6.07) is 13.2. The van der Waals surface area contributed by atoms with Crippen LogP contribution < -0.4 is 9.47 Å². The molecule has 0 saturated carbocycles. The van der Waals surface area contributed by atoms with Gasteiger partial charge < -0.3 is 18.3 Å². The molecule has 13 nitrogen and oxygen atoms in total. The van der Waals surface area contributed by atoms with Crippen molar-refractivity contribution in [3.8, 4) is 40.3 Å². The summed E-state index contributed by atoms with van der Waals surface area (Å²) in [6.07, 6.45) is 6.93. The number of alkyl halides is 3. The lowest BCUT2D eigenvalue weighted by molar-refractivity contribution is -0.157. The van der Waals surface area contributed by atoms with Gasteiger partial charge in [0.1, 0.15) is 35.7 Å². The molecule has 6 rings (SSSR count). The Morgan fingerprint density at radius 1 is 0.729 bits per heavy atom. The minimum Gasteiger partial charge on any atom is -0.497 e. The quantitative estimate of drug-likeness (QED) is 0.173. The average molecular weight is 658 g/mol. The van der Waals surface area contributed by atoms with E-state index in [1.54, 1.807) is 43.6 Å². The molecule has 48 heavy (non-hydrogen) atoms. The Morgan fingerprint density at radius 3 is 1.67 bits per heavy atom. The van der Waals surface area contributed by atoms with E-state index in [0.29, 0.717) is 23.2 Å². The first-order chi connectivity index (χ1) is 23.0. The number of rotatable bonds is 8. The molecular weight excluding hydrogens is 631 g/mol. The highest BCUT2D eigenvalue weighted by atomic mass is 19.4. The molecule has 0 saturated heterocycles. The number of halogens is 3. The molecule has 16 heteroatoms. The van der Waals surface area contributed by atoms with Gasteiger partial charge >= 0.3 is 18.0 Å². The number of benzene rings is 2. The highest BCUT2D eigenvalue weighted by Crippen LogP contribution is 2.29. The van der Waals surface area contributed by atoms with Gasteiger partial charge in [-0.3, -0.25) is 0 Å². The first-order valence-electron chi connectivity index (χ1n) is 13.9. The number of ether oxygens (including phenoxy) is 2. The molecule has 244 valence electrons. The van der Waals surface area contributed by atoms with Gasteiger partial charge in [0, 0.05) is 35.7 Å². The van der Waals surface area contributed by atoms with E-state index in [0.717, 1.165) is 34.2 Å². The minimum atomic E-state index is -4.61. The van der Waals surface area contributed by atoms with Gasteiger partial charge in [-0.1, -0.05) is 0 Å². The monoisotopic (exact) mass is 657 g/mol. The molecule has 0 radical (unpaired) electrons. The fraction of sp³-hybridized carbons (Fsp3) is 0.156. The third-order valence-corrected chi connectivity index (χ3v) is 6.27. The third-order valence-electron chi connectivity index (χ3n) is 6.27. The number of aryl methyl sites for hydroxylation is 2. The maximum atomic E-state index is 12.4. The molecular formula is C32H26F3N9O4. The van der Waals surface area contributed by atoms with Gasteiger partial charge in [0.25, 0.3) is 0 Å². The zero-order chi connectivity index (χ0) is 34.3. The van der Waals surface area contributed by atoms with Crippen LogP contribution in [-0.2, 0) is 6.18 Å². The van der Waals surface area contributed by atoms with E-state index in [1.807, 2.05) is 50.2 Å². The first-order valence-corrected chi connectivity index (χ1v) is 13.9. The van der Waals surface area contributed by atoms with Crippen molar-refractivity contribution in [2.45, 2.75) is 20.0 Å². The predicted octanol–water partition coefficient (Wildman–Crippen LogP) is 6.65. The fourth-order valence-corrected chi connectivity index (χ4v) is 4.16. The molecule has 0 spiro atoms. The number of nitrogens with zero attached hydrogens (tertiary/aromatic N) is 9. The van der Waals surface area contributed by atoms with Crippen molar-refractivity contribution in [1.29, 1.82) is 5.26 Å². The van der Waals surface area contributed by atoms with E-state index in [-0.39, 0.29) is 11.7 Å². The molecule has 2 aromatic carbocycles. The van der Waals surface area contributed by atoms with Crippen LogP contribution in [0, 0.1) is 25.2 Å². The Kier molecular flexibility index (Phi) is 9.79. The van der Waals surface area contributed by atoms with Gasteiger partial charge in [0.15, 0.2) is 17.7 Å². The smallest absolute Gasteiger partial charge is 0.468 e. The zero-order valence-electron chi connectivity index (χ0n) is 25.9. The average Bonchev–Trinajstić information content (AvgIpc) is 3.89. The number of oxazole rings is 2. The van der Waals surface area contributed by atoms with Gasteiger partial charge in [-0.25, -0.2) is 29.3 Å². The van der Waals surface area contributed by atoms with E-state index in [9.17, 15) is 13.2 Å². The number of aromatic nitrogens is 8. The van der Waals surface area contributed by atoms with Crippen LogP contribution in [0.15, 0.2) is 70.3 Å². The molecule has 0 N–H and O–H groups in total. The summed E-state index contributed by atoms with van der Waals surface area (Å²) in [6.45, 7) is 3.91. The van der Waals surface area contributed by atoms with Gasteiger partial charge in [-0.15, -0.1) is 10.2 Å². The summed E-state index contributed by atoms with van der Waals surface area (Å²) in [7, 11) is 3.19. The predicted molar refractivity (Wildman–Crippen MR) is 167 cm³/mol. The Bertz CT molecular complexity index is 2120. The highest BCUT2D eigenvalue weighted by molar-refractivity contribution is 5.61. The van der Waals surface area contributed by atoms with E-state index >= 15 is 0 Å². The maximum absolute atomic E-state index is 12.4. The molecule has 0 amide bonds. The normalized spacial score (nSPS) is 11.5. The van der Waals surface area contributed by atoms with Crippen LogP contribution in [-0.4, -0.2) is 53.7 Å². The molecule has 6 aromatic rings. The molecule has 0 atom stereocenters. The van der Waals surface area contributed by atoms with Crippen molar-refractivity contribution >= 4 is 24.6 Å². The standard InChI is InChI=1S/C16H13F3N4O2.C16H13N5O2/c1-10-5-11(7-13(6-10)24-2)14-21-9-23(22-14)4-3-12-8-20-15(25-12)16(17,18)19;1-11-5-12(7-14(6-11)22-2)16-19-10-21(20-16)4-3-13-9-18-15(8-17)23-13/h3-9H,1-2H3;3-7,9-10H,1-2H3/b2*4-3-. The molecule has 4 aromatic heterocycles. The topological polar surface area (TPSA) is 156 Å². The lowest BCUT2D eigenvalue weighted by atomic mass is 10.1. The Morgan fingerprint density at radius 2 is 1.23 bits per heavy atom. The first kappa shape index (κ1) is 32.9. The highest BCUT2D eigenvalue weighted by Gasteiger charge is 2.36. The molecule has 0 aliphatic carbocycles. The van der Waals surface area contributed by atoms with Crippen molar-refractivity contribution in [3.63, 3.8) is 0 Å². The maximum Gasteiger partial charge on any atom is 0.468 e. The Hall–Kier alpha value is -6.50. The van der Waals surface area contributed by atoms with Crippen molar-refractivity contribution in [3.05, 3.63) is 95.9 Å². The second kappa shape index (κ2) is 14.3. The van der Waals surface area contributed by atoms with Crippen LogP contribution >= 0.6 is 0 Å². The SMILES string of the molecule is COc1cc(C)cc(-c2ncn(/C=C\c3cnc(C#N)o3)n2)c1.COc1cc(C)cc(-c2ncn(/C=C\c3cnc(C(F)(F)F)o3)n2)c1. The minimum absolute atomic E-state index is 0.0239. The van der Waals surface area contributed by atoms with Gasteiger partial charge in [0.05, 0.1) is 26.6 Å².